The summed E-state index contributed by atoms with van der Waals surface area (Å²) in [6.07, 6.45) is 1.71. The molecule has 0 spiro atoms. The molecule has 2 atom stereocenters. The number of aromatic nitrogens is 2. The van der Waals surface area contributed by atoms with Gasteiger partial charge in [0.2, 0.25) is 5.28 Å². The standard InChI is InChI=1S/C6H10ClN2OP/c1-4(10-11)5-3-8-6(7)9(5)2/h3-4H,11H2,1-2H3. The predicted octanol–water partition coefficient (Wildman–Crippen LogP) is 1.94. The molecule has 2 unspecified atom stereocenters. The number of hydrogen-bond donors (Lipinski definition) is 0. The third-order valence-corrected chi connectivity index (χ3v) is 2.35. The summed E-state index contributed by atoms with van der Waals surface area (Å²) in [4.78, 5) is 3.92. The van der Waals surface area contributed by atoms with Crippen molar-refractivity contribution in [3.05, 3.63) is 17.2 Å². The Labute approximate surface area is 73.0 Å². The van der Waals surface area contributed by atoms with E-state index >= 15 is 0 Å². The highest BCUT2D eigenvalue weighted by atomic mass is 35.5. The highest BCUT2D eigenvalue weighted by molar-refractivity contribution is 7.09. The fourth-order valence-corrected chi connectivity index (χ4v) is 1.13. The second-order valence-corrected chi connectivity index (χ2v) is 2.90. The number of nitrogens with zero attached hydrogens (tertiary/aromatic N) is 2. The SMILES string of the molecule is CC(OP)c1cnc(Cl)n1C. The van der Waals surface area contributed by atoms with Crippen LogP contribution in [-0.4, -0.2) is 9.55 Å². The Bertz CT molecular complexity index is 251. The minimum absolute atomic E-state index is 0.00463. The monoisotopic (exact) mass is 192 g/mol. The van der Waals surface area contributed by atoms with Crippen molar-refractivity contribution in [1.82, 2.24) is 9.55 Å². The molecule has 0 aromatic carbocycles. The topological polar surface area (TPSA) is 27.1 Å². The van der Waals surface area contributed by atoms with E-state index in [1.807, 2.05) is 14.0 Å². The molecule has 0 saturated carbocycles. The zero-order chi connectivity index (χ0) is 8.43. The first-order chi connectivity index (χ1) is 5.16. The normalized spacial score (nSPS) is 13.5. The lowest BCUT2D eigenvalue weighted by molar-refractivity contribution is 0.259. The van der Waals surface area contributed by atoms with E-state index in [0.717, 1.165) is 5.69 Å². The van der Waals surface area contributed by atoms with E-state index < -0.39 is 0 Å². The lowest BCUT2D eigenvalue weighted by Gasteiger charge is -2.08. The van der Waals surface area contributed by atoms with Crippen LogP contribution >= 0.6 is 21.1 Å². The molecule has 0 fully saturated rings. The molecule has 0 amide bonds. The highest BCUT2D eigenvalue weighted by Crippen LogP contribution is 2.20. The van der Waals surface area contributed by atoms with E-state index in [0.29, 0.717) is 5.28 Å². The van der Waals surface area contributed by atoms with Crippen LogP contribution in [0.15, 0.2) is 6.20 Å². The summed E-state index contributed by atoms with van der Waals surface area (Å²) in [5, 5.41) is 0.480. The van der Waals surface area contributed by atoms with E-state index in [9.17, 15) is 0 Å². The second kappa shape index (κ2) is 3.53. The van der Waals surface area contributed by atoms with E-state index in [-0.39, 0.29) is 6.10 Å². The number of halogens is 1. The van der Waals surface area contributed by atoms with Gasteiger partial charge in [-0.25, -0.2) is 4.98 Å². The van der Waals surface area contributed by atoms with Gasteiger partial charge in [-0.05, 0) is 18.5 Å². The lowest BCUT2D eigenvalue weighted by Crippen LogP contribution is -2.00. The first kappa shape index (κ1) is 8.98. The minimum atomic E-state index is 0.00463. The van der Waals surface area contributed by atoms with E-state index in [1.165, 1.54) is 0 Å². The molecule has 0 aliphatic rings. The third kappa shape index (κ3) is 1.73. The lowest BCUT2D eigenvalue weighted by atomic mass is 10.3. The van der Waals surface area contributed by atoms with Crippen molar-refractivity contribution in [3.8, 4) is 0 Å². The molecule has 0 N–H and O–H groups in total. The van der Waals surface area contributed by atoms with Gasteiger partial charge in [0.1, 0.15) is 0 Å². The fraction of sp³-hybridized carbons (Fsp3) is 0.500. The Balaban J connectivity index is 2.94. The Morgan fingerprint density at radius 1 is 1.82 bits per heavy atom. The first-order valence-corrected chi connectivity index (χ1v) is 4.04. The molecule has 1 aromatic heterocycles. The van der Waals surface area contributed by atoms with Gasteiger partial charge in [0, 0.05) is 16.5 Å². The Hall–Kier alpha value is -0.110. The molecule has 0 aliphatic carbocycles. The molecule has 0 aliphatic heterocycles. The molecular weight excluding hydrogens is 183 g/mol. The molecule has 3 nitrogen and oxygen atoms in total. The van der Waals surface area contributed by atoms with E-state index in [1.54, 1.807) is 10.8 Å². The van der Waals surface area contributed by atoms with Crippen molar-refractivity contribution < 1.29 is 4.52 Å². The summed E-state index contributed by atoms with van der Waals surface area (Å²) in [7, 11) is 4.07. The van der Waals surface area contributed by atoms with Crippen molar-refractivity contribution in [3.63, 3.8) is 0 Å². The van der Waals surface area contributed by atoms with Gasteiger partial charge in [0.15, 0.2) is 0 Å². The zero-order valence-corrected chi connectivity index (χ0v) is 8.32. The van der Waals surface area contributed by atoms with Crippen LogP contribution in [0, 0.1) is 0 Å². The molecule has 62 valence electrons. The number of hydrogen-bond acceptors (Lipinski definition) is 2. The maximum atomic E-state index is 5.72. The molecule has 1 aromatic rings. The summed E-state index contributed by atoms with van der Waals surface area (Å²) in [6, 6.07) is 0. The van der Waals surface area contributed by atoms with Gasteiger partial charge in [-0.1, -0.05) is 0 Å². The molecule has 5 heteroatoms. The van der Waals surface area contributed by atoms with Crippen LogP contribution in [0.3, 0.4) is 0 Å². The van der Waals surface area contributed by atoms with Gasteiger partial charge < -0.3 is 9.09 Å². The molecule has 0 bridgehead atoms. The van der Waals surface area contributed by atoms with Crippen molar-refractivity contribution in [2.45, 2.75) is 13.0 Å². The molecule has 0 saturated heterocycles. The van der Waals surface area contributed by atoms with Crippen LogP contribution < -0.4 is 0 Å². The van der Waals surface area contributed by atoms with E-state index in [4.69, 9.17) is 16.1 Å². The molecule has 1 heterocycles. The molecular formula is C6H10ClN2OP. The second-order valence-electron chi connectivity index (χ2n) is 2.29. The number of rotatable bonds is 2. The van der Waals surface area contributed by atoms with Gasteiger partial charge in [-0.15, -0.1) is 0 Å². The van der Waals surface area contributed by atoms with Crippen molar-refractivity contribution in [2.75, 3.05) is 0 Å². The Kier molecular flexibility index (Phi) is 2.88. The van der Waals surface area contributed by atoms with Crippen LogP contribution in [0.2, 0.25) is 5.28 Å². The fourth-order valence-electron chi connectivity index (χ4n) is 0.847. The van der Waals surface area contributed by atoms with Crippen LogP contribution in [0.25, 0.3) is 0 Å². The zero-order valence-electron chi connectivity index (χ0n) is 6.41. The van der Waals surface area contributed by atoms with Crippen molar-refractivity contribution in [2.24, 2.45) is 7.05 Å². The smallest absolute Gasteiger partial charge is 0.202 e. The van der Waals surface area contributed by atoms with E-state index in [2.05, 4.69) is 14.5 Å². The summed E-state index contributed by atoms with van der Waals surface area (Å²) in [5.41, 5.74) is 0.963. The Morgan fingerprint density at radius 2 is 2.45 bits per heavy atom. The van der Waals surface area contributed by atoms with Crippen LogP contribution in [0.4, 0.5) is 0 Å². The molecule has 11 heavy (non-hydrogen) atoms. The first-order valence-electron chi connectivity index (χ1n) is 3.19. The van der Waals surface area contributed by atoms with Crippen LogP contribution in [-0.2, 0) is 11.6 Å². The summed E-state index contributed by atoms with van der Waals surface area (Å²) < 4.78 is 6.82. The maximum absolute atomic E-state index is 5.72. The van der Waals surface area contributed by atoms with Gasteiger partial charge in [-0.2, -0.15) is 0 Å². The summed E-state index contributed by atoms with van der Waals surface area (Å²) in [6.45, 7) is 1.93. The molecule has 0 radical (unpaired) electrons. The Morgan fingerprint density at radius 3 is 2.82 bits per heavy atom. The van der Waals surface area contributed by atoms with Crippen molar-refractivity contribution in [1.29, 1.82) is 0 Å². The quantitative estimate of drug-likeness (QED) is 0.670. The third-order valence-electron chi connectivity index (χ3n) is 1.59. The average molecular weight is 193 g/mol. The average Bonchev–Trinajstić information content (AvgIpc) is 2.32. The largest absolute Gasteiger partial charge is 0.356 e. The highest BCUT2D eigenvalue weighted by Gasteiger charge is 2.10. The van der Waals surface area contributed by atoms with Crippen LogP contribution in [0.5, 0.6) is 0 Å². The van der Waals surface area contributed by atoms with Gasteiger partial charge in [0.05, 0.1) is 18.0 Å². The van der Waals surface area contributed by atoms with Crippen LogP contribution in [0.1, 0.15) is 18.7 Å². The summed E-state index contributed by atoms with van der Waals surface area (Å²) >= 11 is 5.72. The van der Waals surface area contributed by atoms with Gasteiger partial charge in [-0.3, -0.25) is 0 Å². The summed E-state index contributed by atoms with van der Waals surface area (Å²) in [5.74, 6) is 0. The molecule has 1 rings (SSSR count). The predicted molar refractivity (Wildman–Crippen MR) is 47.4 cm³/mol. The van der Waals surface area contributed by atoms with Gasteiger partial charge >= 0.3 is 0 Å². The van der Waals surface area contributed by atoms with Gasteiger partial charge in [0.25, 0.3) is 0 Å². The number of imidazole rings is 1. The minimum Gasteiger partial charge on any atom is -0.356 e. The maximum Gasteiger partial charge on any atom is 0.202 e. The van der Waals surface area contributed by atoms with Crippen molar-refractivity contribution >= 4 is 21.1 Å².